The number of nitrogens with one attached hydrogen (secondary N) is 1. The van der Waals surface area contributed by atoms with E-state index in [9.17, 15) is 14.7 Å². The summed E-state index contributed by atoms with van der Waals surface area (Å²) in [4.78, 5) is 33.0. The molecule has 2 amide bonds. The lowest BCUT2D eigenvalue weighted by molar-refractivity contribution is -0.119. The van der Waals surface area contributed by atoms with Crippen LogP contribution in [0.3, 0.4) is 0 Å². The van der Waals surface area contributed by atoms with Gasteiger partial charge in [0.1, 0.15) is 11.8 Å². The SMILES string of the molecule is Cc1ccnc(-c2cc(C(=O)NC(Cc3ccc(O)cc3)C(N)=O)ccn2)c1. The topological polar surface area (TPSA) is 118 Å². The van der Waals surface area contributed by atoms with E-state index in [0.717, 1.165) is 11.1 Å². The molecule has 7 nitrogen and oxygen atoms in total. The van der Waals surface area contributed by atoms with E-state index < -0.39 is 17.9 Å². The summed E-state index contributed by atoms with van der Waals surface area (Å²) in [6.45, 7) is 1.95. The zero-order valence-electron chi connectivity index (χ0n) is 15.3. The molecule has 0 spiro atoms. The molecule has 0 aliphatic heterocycles. The Labute approximate surface area is 162 Å². The Bertz CT molecular complexity index is 1000. The molecule has 0 radical (unpaired) electrons. The van der Waals surface area contributed by atoms with Gasteiger partial charge < -0.3 is 16.2 Å². The molecule has 0 aliphatic rings. The largest absolute Gasteiger partial charge is 0.508 e. The minimum atomic E-state index is -0.884. The van der Waals surface area contributed by atoms with Gasteiger partial charge in [-0.2, -0.15) is 0 Å². The molecule has 2 heterocycles. The number of hydrogen-bond acceptors (Lipinski definition) is 5. The summed E-state index contributed by atoms with van der Waals surface area (Å²) in [6, 6.07) is 12.4. The number of amides is 2. The molecule has 0 bridgehead atoms. The van der Waals surface area contributed by atoms with Crippen molar-refractivity contribution in [2.45, 2.75) is 19.4 Å². The zero-order chi connectivity index (χ0) is 20.1. The van der Waals surface area contributed by atoms with Crippen molar-refractivity contribution in [2.24, 2.45) is 5.73 Å². The monoisotopic (exact) mass is 376 g/mol. The van der Waals surface area contributed by atoms with Crippen LogP contribution in [-0.2, 0) is 11.2 Å². The maximum absolute atomic E-state index is 12.6. The van der Waals surface area contributed by atoms with Gasteiger partial charge in [0.2, 0.25) is 5.91 Å². The molecule has 0 fully saturated rings. The van der Waals surface area contributed by atoms with Gasteiger partial charge in [0.25, 0.3) is 5.91 Å². The minimum absolute atomic E-state index is 0.123. The van der Waals surface area contributed by atoms with Crippen LogP contribution < -0.4 is 11.1 Å². The van der Waals surface area contributed by atoms with Crippen LogP contribution in [0, 0.1) is 6.92 Å². The minimum Gasteiger partial charge on any atom is -0.508 e. The number of phenols is 1. The van der Waals surface area contributed by atoms with Gasteiger partial charge in [0.15, 0.2) is 0 Å². The summed E-state index contributed by atoms with van der Waals surface area (Å²) >= 11 is 0. The Balaban J connectivity index is 1.77. The van der Waals surface area contributed by atoms with E-state index in [1.807, 2.05) is 19.1 Å². The van der Waals surface area contributed by atoms with Crippen molar-refractivity contribution in [3.8, 4) is 17.1 Å². The number of primary amides is 1. The molecule has 3 rings (SSSR count). The fourth-order valence-electron chi connectivity index (χ4n) is 2.72. The zero-order valence-corrected chi connectivity index (χ0v) is 15.3. The van der Waals surface area contributed by atoms with Crippen LogP contribution in [0.5, 0.6) is 5.75 Å². The number of aryl methyl sites for hydroxylation is 1. The predicted molar refractivity (Wildman–Crippen MR) is 104 cm³/mol. The highest BCUT2D eigenvalue weighted by Gasteiger charge is 2.20. The van der Waals surface area contributed by atoms with E-state index in [1.54, 1.807) is 30.5 Å². The number of carbonyl (C=O) groups excluding carboxylic acids is 2. The standard InChI is InChI=1S/C21H20N4O3/c1-13-6-8-23-17(10-13)18-12-15(7-9-24-18)21(28)25-19(20(22)27)11-14-2-4-16(26)5-3-14/h2-10,12,19,26H,11H2,1H3,(H2,22,27)(H,25,28). The second kappa shape index (κ2) is 8.30. The first-order chi connectivity index (χ1) is 13.4. The van der Waals surface area contributed by atoms with Gasteiger partial charge in [-0.1, -0.05) is 12.1 Å². The second-order valence-electron chi connectivity index (χ2n) is 6.45. The predicted octanol–water partition coefficient (Wildman–Crippen LogP) is 1.98. The van der Waals surface area contributed by atoms with Crippen LogP contribution in [0.15, 0.2) is 60.9 Å². The lowest BCUT2D eigenvalue weighted by Crippen LogP contribution is -2.45. The Kier molecular flexibility index (Phi) is 5.64. The van der Waals surface area contributed by atoms with Crippen molar-refractivity contribution >= 4 is 11.8 Å². The maximum atomic E-state index is 12.6. The van der Waals surface area contributed by atoms with Gasteiger partial charge in [-0.3, -0.25) is 19.6 Å². The number of benzene rings is 1. The van der Waals surface area contributed by atoms with Crippen LogP contribution in [0.1, 0.15) is 21.5 Å². The first-order valence-electron chi connectivity index (χ1n) is 8.69. The fraction of sp³-hybridized carbons (Fsp3) is 0.143. The number of hydrogen-bond donors (Lipinski definition) is 3. The van der Waals surface area contributed by atoms with E-state index in [0.29, 0.717) is 17.0 Å². The van der Waals surface area contributed by atoms with Crippen molar-refractivity contribution in [1.29, 1.82) is 0 Å². The highest BCUT2D eigenvalue weighted by Crippen LogP contribution is 2.17. The second-order valence-corrected chi connectivity index (χ2v) is 6.45. The third-order valence-electron chi connectivity index (χ3n) is 4.22. The molecular weight excluding hydrogens is 356 g/mol. The van der Waals surface area contributed by atoms with Gasteiger partial charge in [-0.25, -0.2) is 0 Å². The summed E-state index contributed by atoms with van der Waals surface area (Å²) in [5.41, 5.74) is 8.82. The number of pyridine rings is 2. The maximum Gasteiger partial charge on any atom is 0.252 e. The molecular formula is C21H20N4O3. The van der Waals surface area contributed by atoms with Crippen LogP contribution in [-0.4, -0.2) is 32.9 Å². The molecule has 1 unspecified atom stereocenters. The average molecular weight is 376 g/mol. The van der Waals surface area contributed by atoms with E-state index in [2.05, 4.69) is 15.3 Å². The highest BCUT2D eigenvalue weighted by atomic mass is 16.3. The van der Waals surface area contributed by atoms with E-state index in [1.165, 1.54) is 18.3 Å². The number of aromatic hydroxyl groups is 1. The van der Waals surface area contributed by atoms with Gasteiger partial charge in [0.05, 0.1) is 11.4 Å². The normalized spacial score (nSPS) is 11.6. The van der Waals surface area contributed by atoms with Crippen molar-refractivity contribution in [2.75, 3.05) is 0 Å². The highest BCUT2D eigenvalue weighted by molar-refractivity contribution is 5.98. The molecule has 0 saturated carbocycles. The number of aromatic nitrogens is 2. The van der Waals surface area contributed by atoms with E-state index in [4.69, 9.17) is 5.73 Å². The number of nitrogens with two attached hydrogens (primary N) is 1. The number of nitrogens with zero attached hydrogens (tertiary/aromatic N) is 2. The third-order valence-corrected chi connectivity index (χ3v) is 4.22. The van der Waals surface area contributed by atoms with E-state index >= 15 is 0 Å². The summed E-state index contributed by atoms with van der Waals surface area (Å²) in [5, 5.41) is 12.0. The molecule has 0 saturated heterocycles. The Hall–Kier alpha value is -3.74. The molecule has 2 aromatic heterocycles. The summed E-state index contributed by atoms with van der Waals surface area (Å²) in [5.74, 6) is -0.951. The van der Waals surface area contributed by atoms with Crippen molar-refractivity contribution in [1.82, 2.24) is 15.3 Å². The molecule has 1 atom stereocenters. The smallest absolute Gasteiger partial charge is 0.252 e. The van der Waals surface area contributed by atoms with Gasteiger partial charge >= 0.3 is 0 Å². The van der Waals surface area contributed by atoms with Gasteiger partial charge in [-0.15, -0.1) is 0 Å². The van der Waals surface area contributed by atoms with Crippen molar-refractivity contribution in [3.05, 3.63) is 77.6 Å². The molecule has 142 valence electrons. The quantitative estimate of drug-likeness (QED) is 0.608. The van der Waals surface area contributed by atoms with Crippen molar-refractivity contribution in [3.63, 3.8) is 0 Å². The number of carbonyl (C=O) groups is 2. The molecule has 7 heteroatoms. The molecule has 28 heavy (non-hydrogen) atoms. The number of phenolic OH excluding ortho intramolecular Hbond substituents is 1. The van der Waals surface area contributed by atoms with Crippen molar-refractivity contribution < 1.29 is 14.7 Å². The fourth-order valence-corrected chi connectivity index (χ4v) is 2.72. The van der Waals surface area contributed by atoms with E-state index in [-0.39, 0.29) is 12.2 Å². The number of rotatable bonds is 6. The molecule has 0 aliphatic carbocycles. The Morgan fingerprint density at radius 1 is 1.04 bits per heavy atom. The first-order valence-corrected chi connectivity index (χ1v) is 8.69. The molecule has 3 aromatic rings. The molecule has 4 N–H and O–H groups in total. The third kappa shape index (κ3) is 4.70. The van der Waals surface area contributed by atoms with Crippen LogP contribution in [0.4, 0.5) is 0 Å². The van der Waals surface area contributed by atoms with Gasteiger partial charge in [-0.05, 0) is 54.4 Å². The first kappa shape index (κ1) is 19.0. The molecule has 1 aromatic carbocycles. The van der Waals surface area contributed by atoms with Crippen LogP contribution in [0.25, 0.3) is 11.4 Å². The summed E-state index contributed by atoms with van der Waals surface area (Å²) < 4.78 is 0. The Morgan fingerprint density at radius 3 is 2.32 bits per heavy atom. The average Bonchev–Trinajstić information content (AvgIpc) is 2.69. The lowest BCUT2D eigenvalue weighted by Gasteiger charge is -2.16. The van der Waals surface area contributed by atoms with Crippen LogP contribution in [0.2, 0.25) is 0 Å². The van der Waals surface area contributed by atoms with Crippen LogP contribution >= 0.6 is 0 Å². The van der Waals surface area contributed by atoms with Gasteiger partial charge in [0, 0.05) is 24.4 Å². The lowest BCUT2D eigenvalue weighted by atomic mass is 10.0. The summed E-state index contributed by atoms with van der Waals surface area (Å²) in [7, 11) is 0. The summed E-state index contributed by atoms with van der Waals surface area (Å²) in [6.07, 6.45) is 3.42. The Morgan fingerprint density at radius 2 is 1.68 bits per heavy atom.